The van der Waals surface area contributed by atoms with Crippen molar-refractivity contribution < 1.29 is 0 Å². The highest BCUT2D eigenvalue weighted by atomic mass is 15.2. The number of nitrogens with zero attached hydrogens (tertiary/aromatic N) is 5. The van der Waals surface area contributed by atoms with Crippen LogP contribution in [0, 0.1) is 0 Å². The molecule has 5 nitrogen and oxygen atoms in total. The van der Waals surface area contributed by atoms with Crippen LogP contribution in [0.15, 0.2) is 249 Å². The lowest BCUT2D eigenvalue weighted by molar-refractivity contribution is 1.01. The molecule has 0 spiro atoms. The molecule has 15 rings (SSSR count). The highest BCUT2D eigenvalue weighted by Crippen LogP contribution is 2.44. The van der Waals surface area contributed by atoms with E-state index >= 15 is 0 Å². The lowest BCUT2D eigenvalue weighted by Gasteiger charge is -2.14. The zero-order chi connectivity index (χ0) is 46.6. The van der Waals surface area contributed by atoms with Crippen molar-refractivity contribution in [1.29, 1.82) is 0 Å². The van der Waals surface area contributed by atoms with Gasteiger partial charge in [0.1, 0.15) is 0 Å². The van der Waals surface area contributed by atoms with Crippen LogP contribution in [0.25, 0.3) is 138 Å². The standard InChI is InChI=1S/C66H41N5/c1-2-16-42(17-3-1)43-32-34-44(35-33-43)46-20-14-21-47(40-46)69-58-30-12-8-25-54(58)63-60(69)38-39-61-64(63)55-26-9-13-31-59(55)70(61)48-36-37-51-50-23-7-11-29-57(50)71(62(51)41-48)66-67-56-28-10-6-24-53(56)65(68-66)52-27-15-19-45-18-4-5-22-49(45)52/h1-41H. The first-order chi connectivity index (χ1) is 35.2. The topological polar surface area (TPSA) is 40.6 Å². The van der Waals surface area contributed by atoms with E-state index in [0.29, 0.717) is 5.95 Å². The summed E-state index contributed by atoms with van der Waals surface area (Å²) in [5.41, 5.74) is 16.6. The zero-order valence-corrected chi connectivity index (χ0v) is 38.4. The van der Waals surface area contributed by atoms with Crippen LogP contribution in [0.3, 0.4) is 0 Å². The summed E-state index contributed by atoms with van der Waals surface area (Å²) in [6.07, 6.45) is 0. The molecule has 0 aliphatic rings. The molecule has 0 N–H and O–H groups in total. The summed E-state index contributed by atoms with van der Waals surface area (Å²) in [5, 5.41) is 10.6. The monoisotopic (exact) mass is 903 g/mol. The van der Waals surface area contributed by atoms with Gasteiger partial charge in [-0.25, -0.2) is 9.97 Å². The molecule has 71 heavy (non-hydrogen) atoms. The van der Waals surface area contributed by atoms with E-state index in [1.807, 2.05) is 0 Å². The van der Waals surface area contributed by atoms with E-state index in [4.69, 9.17) is 9.97 Å². The third kappa shape index (κ3) is 6.00. The molecule has 4 heterocycles. The minimum atomic E-state index is 0.639. The molecule has 0 aliphatic heterocycles. The van der Waals surface area contributed by atoms with E-state index in [-0.39, 0.29) is 0 Å². The number of aromatic nitrogens is 5. The van der Waals surface area contributed by atoms with E-state index in [9.17, 15) is 0 Å². The van der Waals surface area contributed by atoms with Crippen molar-refractivity contribution in [2.45, 2.75) is 0 Å². The van der Waals surface area contributed by atoms with Crippen LogP contribution in [0.2, 0.25) is 0 Å². The lowest BCUT2D eigenvalue weighted by Crippen LogP contribution is -2.04. The normalized spacial score (nSPS) is 11.9. The molecule has 0 unspecified atom stereocenters. The van der Waals surface area contributed by atoms with Crippen molar-refractivity contribution in [3.63, 3.8) is 0 Å². The van der Waals surface area contributed by atoms with Gasteiger partial charge in [-0.1, -0.05) is 188 Å². The Morgan fingerprint density at radius 2 is 0.775 bits per heavy atom. The molecule has 0 saturated heterocycles. The van der Waals surface area contributed by atoms with Gasteiger partial charge in [0, 0.05) is 54.6 Å². The van der Waals surface area contributed by atoms with Crippen LogP contribution in [-0.4, -0.2) is 23.7 Å². The van der Waals surface area contributed by atoms with Gasteiger partial charge < -0.3 is 9.13 Å². The Kier molecular flexibility index (Phi) is 8.59. The number of hydrogen-bond donors (Lipinski definition) is 0. The first-order valence-corrected chi connectivity index (χ1v) is 24.2. The highest BCUT2D eigenvalue weighted by molar-refractivity contribution is 6.29. The molecule has 11 aromatic carbocycles. The van der Waals surface area contributed by atoms with Crippen LogP contribution in [0.4, 0.5) is 0 Å². The molecule has 0 atom stereocenters. The third-order valence-electron chi connectivity index (χ3n) is 14.7. The van der Waals surface area contributed by atoms with Gasteiger partial charge in [0.05, 0.1) is 44.3 Å². The Hall–Kier alpha value is -9.58. The summed E-state index contributed by atoms with van der Waals surface area (Å²) in [7, 11) is 0. The van der Waals surface area contributed by atoms with Gasteiger partial charge in [-0.2, -0.15) is 0 Å². The van der Waals surface area contributed by atoms with Gasteiger partial charge in [-0.15, -0.1) is 0 Å². The molecule has 0 fully saturated rings. The van der Waals surface area contributed by atoms with Crippen molar-refractivity contribution in [1.82, 2.24) is 23.7 Å². The van der Waals surface area contributed by atoms with E-state index < -0.39 is 0 Å². The zero-order valence-electron chi connectivity index (χ0n) is 38.4. The fraction of sp³-hybridized carbons (Fsp3) is 0. The number of fused-ring (bicyclic) bond motifs is 12. The van der Waals surface area contributed by atoms with Gasteiger partial charge in [0.25, 0.3) is 0 Å². The summed E-state index contributed by atoms with van der Waals surface area (Å²) in [4.78, 5) is 10.9. The summed E-state index contributed by atoms with van der Waals surface area (Å²) < 4.78 is 7.15. The minimum Gasteiger partial charge on any atom is -0.309 e. The third-order valence-corrected chi connectivity index (χ3v) is 14.7. The van der Waals surface area contributed by atoms with Gasteiger partial charge >= 0.3 is 0 Å². The van der Waals surface area contributed by atoms with Gasteiger partial charge in [-0.05, 0) is 93.7 Å². The summed E-state index contributed by atoms with van der Waals surface area (Å²) in [6, 6.07) is 89.8. The number of hydrogen-bond acceptors (Lipinski definition) is 2. The fourth-order valence-corrected chi connectivity index (χ4v) is 11.5. The second kappa shape index (κ2) is 15.5. The second-order valence-electron chi connectivity index (χ2n) is 18.5. The smallest absolute Gasteiger partial charge is 0.235 e. The largest absolute Gasteiger partial charge is 0.309 e. The molecule has 4 aromatic heterocycles. The molecule has 0 amide bonds. The SMILES string of the molecule is c1ccc(-c2ccc(-c3cccc(-n4c5ccccc5c5c6c7ccccc7n(-c7ccc8c9ccccc9n(-c9nc(-c%10cccc%11ccccc%10%11)c%10ccccc%10n9)c8c7)c6ccc54)c3)cc2)cc1. The summed E-state index contributed by atoms with van der Waals surface area (Å²) >= 11 is 0. The van der Waals surface area contributed by atoms with Crippen molar-refractivity contribution in [3.05, 3.63) is 249 Å². The Labute approximate surface area is 408 Å². The number of para-hydroxylation sites is 4. The molecule has 0 saturated carbocycles. The quantitative estimate of drug-likeness (QED) is 0.167. The number of rotatable bonds is 6. The predicted octanol–water partition coefficient (Wildman–Crippen LogP) is 17.1. The molecule has 5 heteroatoms. The Morgan fingerprint density at radius 1 is 0.268 bits per heavy atom. The minimum absolute atomic E-state index is 0.639. The maximum Gasteiger partial charge on any atom is 0.235 e. The van der Waals surface area contributed by atoms with Crippen molar-refractivity contribution >= 4 is 87.1 Å². The Morgan fingerprint density at radius 3 is 1.49 bits per heavy atom. The molecule has 330 valence electrons. The van der Waals surface area contributed by atoms with Gasteiger partial charge in [0.2, 0.25) is 5.95 Å². The van der Waals surface area contributed by atoms with Gasteiger partial charge in [0.15, 0.2) is 0 Å². The first kappa shape index (κ1) is 39.4. The Bertz CT molecular complexity index is 4630. The summed E-state index contributed by atoms with van der Waals surface area (Å²) in [6.45, 7) is 0. The van der Waals surface area contributed by atoms with Crippen molar-refractivity contribution in [2.75, 3.05) is 0 Å². The molecule has 0 bridgehead atoms. The maximum atomic E-state index is 5.53. The first-order valence-electron chi connectivity index (χ1n) is 24.2. The molecular weight excluding hydrogens is 863 g/mol. The fourth-order valence-electron chi connectivity index (χ4n) is 11.5. The van der Waals surface area contributed by atoms with Gasteiger partial charge in [-0.3, -0.25) is 4.57 Å². The van der Waals surface area contributed by atoms with Crippen LogP contribution < -0.4 is 0 Å². The van der Waals surface area contributed by atoms with E-state index in [2.05, 4.69) is 262 Å². The van der Waals surface area contributed by atoms with E-state index in [1.165, 1.54) is 60.2 Å². The lowest BCUT2D eigenvalue weighted by atomic mass is 9.99. The summed E-state index contributed by atoms with van der Waals surface area (Å²) in [5.74, 6) is 0.639. The van der Waals surface area contributed by atoms with Crippen LogP contribution in [0.1, 0.15) is 0 Å². The predicted molar refractivity (Wildman–Crippen MR) is 296 cm³/mol. The molecular formula is C66H41N5. The van der Waals surface area contributed by atoms with E-state index in [0.717, 1.165) is 71.8 Å². The number of benzene rings is 11. The van der Waals surface area contributed by atoms with Crippen LogP contribution in [0.5, 0.6) is 0 Å². The van der Waals surface area contributed by atoms with E-state index in [1.54, 1.807) is 0 Å². The van der Waals surface area contributed by atoms with Crippen molar-refractivity contribution in [2.24, 2.45) is 0 Å². The molecule has 0 radical (unpaired) electrons. The van der Waals surface area contributed by atoms with Crippen LogP contribution in [-0.2, 0) is 0 Å². The average Bonchev–Trinajstić information content (AvgIpc) is 4.08. The Balaban J connectivity index is 0.936. The second-order valence-corrected chi connectivity index (χ2v) is 18.5. The molecule has 15 aromatic rings. The molecule has 0 aliphatic carbocycles. The maximum absolute atomic E-state index is 5.53. The van der Waals surface area contributed by atoms with Crippen molar-refractivity contribution in [3.8, 4) is 50.8 Å². The highest BCUT2D eigenvalue weighted by Gasteiger charge is 2.23. The van der Waals surface area contributed by atoms with Crippen LogP contribution >= 0.6 is 0 Å². The average molecular weight is 904 g/mol.